The van der Waals surface area contributed by atoms with Crippen molar-refractivity contribution in [3.63, 3.8) is 0 Å². The van der Waals surface area contributed by atoms with Crippen molar-refractivity contribution in [2.24, 2.45) is 0 Å². The van der Waals surface area contributed by atoms with Gasteiger partial charge in [0.2, 0.25) is 0 Å². The molecule has 1 unspecified atom stereocenters. The maximum Gasteiger partial charge on any atom is 0.193 e. The largest absolute Gasteiger partial charge is 0.382 e. The van der Waals surface area contributed by atoms with Crippen LogP contribution in [0.15, 0.2) is 48.5 Å². The fourth-order valence-corrected chi connectivity index (χ4v) is 2.59. The third-order valence-corrected chi connectivity index (χ3v) is 4.02. The Morgan fingerprint density at radius 3 is 1.76 bits per heavy atom. The lowest BCUT2D eigenvalue weighted by Crippen LogP contribution is -2.31. The molecule has 132 valence electrons. The van der Waals surface area contributed by atoms with Crippen LogP contribution < -0.4 is 0 Å². The molecule has 0 aliphatic heterocycles. The van der Waals surface area contributed by atoms with Crippen LogP contribution in [0.25, 0.3) is 0 Å². The second-order valence-corrected chi connectivity index (χ2v) is 7.23. The van der Waals surface area contributed by atoms with Crippen molar-refractivity contribution in [1.82, 2.24) is 0 Å². The van der Waals surface area contributed by atoms with Crippen molar-refractivity contribution in [3.8, 4) is 0 Å². The van der Waals surface area contributed by atoms with E-state index in [4.69, 9.17) is 0 Å². The number of rotatable bonds is 7. The summed E-state index contributed by atoms with van der Waals surface area (Å²) in [5.41, 5.74) is 0.815. The van der Waals surface area contributed by atoms with E-state index in [1.165, 1.54) is 20.8 Å². The van der Waals surface area contributed by atoms with Crippen molar-refractivity contribution in [1.29, 1.82) is 0 Å². The van der Waals surface area contributed by atoms with E-state index in [1.54, 1.807) is 12.1 Å². The first-order valence-corrected chi connectivity index (χ1v) is 8.23. The monoisotopic (exact) mass is 340 g/mol. The van der Waals surface area contributed by atoms with Crippen molar-refractivity contribution in [2.45, 2.75) is 44.8 Å². The second kappa shape index (κ2) is 7.30. The van der Waals surface area contributed by atoms with Gasteiger partial charge in [0.1, 0.15) is 11.2 Å². The molecule has 4 heteroatoms. The van der Waals surface area contributed by atoms with E-state index in [0.29, 0.717) is 18.3 Å². The first-order valence-electron chi connectivity index (χ1n) is 8.23. The summed E-state index contributed by atoms with van der Waals surface area (Å²) in [6.07, 6.45) is 1.54. The Hall–Kier alpha value is -2.30. The van der Waals surface area contributed by atoms with Crippen molar-refractivity contribution in [3.05, 3.63) is 70.8 Å². The van der Waals surface area contributed by atoms with Crippen LogP contribution in [-0.4, -0.2) is 33.5 Å². The van der Waals surface area contributed by atoms with Gasteiger partial charge in [-0.3, -0.25) is 4.79 Å². The predicted molar refractivity (Wildman–Crippen MR) is 96.7 cm³/mol. The van der Waals surface area contributed by atoms with Crippen molar-refractivity contribution >= 4 is 12.1 Å². The molecule has 1 atom stereocenters. The van der Waals surface area contributed by atoms with Gasteiger partial charge >= 0.3 is 0 Å². The van der Waals surface area contributed by atoms with Crippen LogP contribution >= 0.6 is 0 Å². The first kappa shape index (κ1) is 19.0. The molecule has 0 radical (unpaired) electrons. The number of Topliss-reactive ketones (excluding diaryl/α,β-unsaturated/α-hetero) is 1. The van der Waals surface area contributed by atoms with Crippen LogP contribution in [0.2, 0.25) is 0 Å². The fourth-order valence-electron chi connectivity index (χ4n) is 2.59. The minimum Gasteiger partial charge on any atom is -0.382 e. The van der Waals surface area contributed by atoms with Gasteiger partial charge in [-0.05, 0) is 43.9 Å². The molecule has 25 heavy (non-hydrogen) atoms. The van der Waals surface area contributed by atoms with E-state index in [0.717, 1.165) is 16.7 Å². The second-order valence-electron chi connectivity index (χ2n) is 7.23. The van der Waals surface area contributed by atoms with Gasteiger partial charge in [0, 0.05) is 12.0 Å². The number of hydrogen-bond donors (Lipinski definition) is 2. The smallest absolute Gasteiger partial charge is 0.193 e. The molecule has 0 fully saturated rings. The topological polar surface area (TPSA) is 74.6 Å². The molecule has 0 amide bonds. The normalized spacial score (nSPS) is 14.0. The molecule has 4 nitrogen and oxygen atoms in total. The number of carbonyl (C=O) groups excluding carboxylic acids is 2. The number of aldehydes is 1. The van der Waals surface area contributed by atoms with Gasteiger partial charge in [-0.2, -0.15) is 0 Å². The van der Waals surface area contributed by atoms with Crippen LogP contribution in [0.3, 0.4) is 0 Å². The molecular formula is C21H24O4. The Morgan fingerprint density at radius 1 is 0.880 bits per heavy atom. The lowest BCUT2D eigenvalue weighted by atomic mass is 9.94. The summed E-state index contributed by atoms with van der Waals surface area (Å²) in [6.45, 7) is 4.45. The molecule has 2 aromatic carbocycles. The number of carbonyl (C=O) groups is 2. The number of benzene rings is 2. The quantitative estimate of drug-likeness (QED) is 0.600. The highest BCUT2D eigenvalue weighted by Crippen LogP contribution is 2.17. The highest BCUT2D eigenvalue weighted by molar-refractivity contribution is 6.01. The van der Waals surface area contributed by atoms with E-state index in [-0.39, 0.29) is 12.2 Å². The third kappa shape index (κ3) is 5.34. The Kier molecular flexibility index (Phi) is 5.55. The number of hydrogen-bond acceptors (Lipinski definition) is 4. The molecule has 2 aromatic rings. The van der Waals surface area contributed by atoms with Crippen molar-refractivity contribution in [2.75, 3.05) is 0 Å². The molecule has 0 aliphatic rings. The van der Waals surface area contributed by atoms with E-state index >= 15 is 0 Å². The molecule has 0 saturated heterocycles. The predicted octanol–water partition coefficient (Wildman–Crippen LogP) is 2.72. The summed E-state index contributed by atoms with van der Waals surface area (Å²) in [5, 5.41) is 19.6. The van der Waals surface area contributed by atoms with Crippen LogP contribution in [0.4, 0.5) is 0 Å². The Balaban J connectivity index is 2.05. The molecule has 0 saturated carbocycles. The zero-order chi connectivity index (χ0) is 18.7. The highest BCUT2D eigenvalue weighted by Gasteiger charge is 2.24. The summed E-state index contributed by atoms with van der Waals surface area (Å²) < 4.78 is 0. The Bertz CT molecular complexity index is 735. The van der Waals surface area contributed by atoms with Gasteiger partial charge in [0.15, 0.2) is 12.1 Å². The summed E-state index contributed by atoms with van der Waals surface area (Å²) in [7, 11) is 0. The van der Waals surface area contributed by atoms with Crippen LogP contribution in [0.1, 0.15) is 47.8 Å². The number of ketones is 1. The molecule has 0 aliphatic carbocycles. The summed E-state index contributed by atoms with van der Waals surface area (Å²) in [5.74, 6) is -0.300. The van der Waals surface area contributed by atoms with Crippen LogP contribution in [0, 0.1) is 0 Å². The maximum atomic E-state index is 12.0. The van der Waals surface area contributed by atoms with Crippen LogP contribution in [0.5, 0.6) is 0 Å². The zero-order valence-corrected chi connectivity index (χ0v) is 14.8. The van der Waals surface area contributed by atoms with E-state index in [9.17, 15) is 19.8 Å². The molecule has 0 aromatic heterocycles. The summed E-state index contributed by atoms with van der Waals surface area (Å²) in [6, 6.07) is 14.9. The lowest BCUT2D eigenvalue weighted by Gasteiger charge is -2.16. The average Bonchev–Trinajstić information content (AvgIpc) is 2.56. The third-order valence-electron chi connectivity index (χ3n) is 4.02. The van der Waals surface area contributed by atoms with Crippen LogP contribution in [-0.2, 0) is 17.6 Å². The zero-order valence-electron chi connectivity index (χ0n) is 14.8. The highest BCUT2D eigenvalue weighted by atomic mass is 16.3. The molecule has 0 spiro atoms. The lowest BCUT2D eigenvalue weighted by molar-refractivity contribution is -0.122. The minimum absolute atomic E-state index is 0.282. The minimum atomic E-state index is -1.37. The van der Waals surface area contributed by atoms with E-state index in [1.807, 2.05) is 36.4 Å². The van der Waals surface area contributed by atoms with E-state index < -0.39 is 11.2 Å². The summed E-state index contributed by atoms with van der Waals surface area (Å²) >= 11 is 0. The average molecular weight is 340 g/mol. The molecule has 2 rings (SSSR count). The molecule has 0 heterocycles. The Labute approximate surface area is 148 Å². The van der Waals surface area contributed by atoms with Gasteiger partial charge in [-0.15, -0.1) is 0 Å². The Morgan fingerprint density at radius 2 is 1.32 bits per heavy atom. The first-order chi connectivity index (χ1) is 11.6. The molecular weight excluding hydrogens is 316 g/mol. The van der Waals surface area contributed by atoms with Gasteiger partial charge in [0.25, 0.3) is 0 Å². The SMILES string of the molecule is CC(O)(C=O)Cc1ccc(Cc2ccc(C(=O)C(C)(C)O)cc2)cc1. The van der Waals surface area contributed by atoms with Gasteiger partial charge in [-0.1, -0.05) is 48.5 Å². The molecule has 2 N–H and O–H groups in total. The van der Waals surface area contributed by atoms with Gasteiger partial charge in [-0.25, -0.2) is 0 Å². The van der Waals surface area contributed by atoms with Crippen molar-refractivity contribution < 1.29 is 19.8 Å². The molecule has 0 bridgehead atoms. The number of aliphatic hydroxyl groups is 2. The van der Waals surface area contributed by atoms with E-state index in [2.05, 4.69) is 0 Å². The standard InChI is InChI=1S/C21H24O4/c1-20(2,24)19(23)18-10-8-16(9-11-18)12-15-4-6-17(7-5-15)13-21(3,25)14-22/h4-11,14,24-25H,12-13H2,1-3H3. The van der Waals surface area contributed by atoms with Gasteiger partial charge in [0.05, 0.1) is 0 Å². The van der Waals surface area contributed by atoms with Gasteiger partial charge < -0.3 is 15.0 Å². The fraction of sp³-hybridized carbons (Fsp3) is 0.333. The summed E-state index contributed by atoms with van der Waals surface area (Å²) in [4.78, 5) is 22.8. The maximum absolute atomic E-state index is 12.0.